The zero-order valence-electron chi connectivity index (χ0n) is 13.7. The first kappa shape index (κ1) is 18.0. The van der Waals surface area contributed by atoms with E-state index in [0.29, 0.717) is 24.6 Å². The summed E-state index contributed by atoms with van der Waals surface area (Å²) in [5, 5.41) is 0. The Morgan fingerprint density at radius 2 is 1.83 bits per heavy atom. The smallest absolute Gasteiger partial charge is 0.279 e. The van der Waals surface area contributed by atoms with Gasteiger partial charge in [-0.3, -0.25) is 0 Å². The summed E-state index contributed by atoms with van der Waals surface area (Å²) in [6.07, 6.45) is -0.222. The van der Waals surface area contributed by atoms with Crippen molar-refractivity contribution in [2.75, 3.05) is 33.4 Å². The van der Waals surface area contributed by atoms with Gasteiger partial charge in [-0.05, 0) is 26.0 Å². The minimum Gasteiger partial charge on any atom is -0.493 e. The maximum absolute atomic E-state index is 12.3. The van der Waals surface area contributed by atoms with Gasteiger partial charge < -0.3 is 14.2 Å². The Kier molecular flexibility index (Phi) is 6.23. The highest BCUT2D eigenvalue weighted by Crippen LogP contribution is 2.25. The Labute approximate surface area is 137 Å². The summed E-state index contributed by atoms with van der Waals surface area (Å²) in [6, 6.07) is 7.24. The second-order valence-electron chi connectivity index (χ2n) is 5.47. The van der Waals surface area contributed by atoms with E-state index >= 15 is 0 Å². The van der Waals surface area contributed by atoms with Crippen molar-refractivity contribution in [1.29, 1.82) is 0 Å². The lowest BCUT2D eigenvalue weighted by Crippen LogP contribution is -2.52. The Bertz CT molecular complexity index is 598. The molecule has 1 fully saturated rings. The third kappa shape index (κ3) is 5.07. The van der Waals surface area contributed by atoms with Crippen LogP contribution in [-0.2, 0) is 14.9 Å². The molecule has 8 heteroatoms. The van der Waals surface area contributed by atoms with E-state index in [9.17, 15) is 8.42 Å². The second-order valence-corrected chi connectivity index (χ2v) is 7.23. The molecule has 0 bridgehead atoms. The molecule has 2 atom stereocenters. The molecule has 2 unspecified atom stereocenters. The van der Waals surface area contributed by atoms with E-state index < -0.39 is 10.2 Å². The molecule has 0 spiro atoms. The second kappa shape index (κ2) is 7.96. The minimum atomic E-state index is -3.53. The lowest BCUT2D eigenvalue weighted by atomic mass is 10.3. The van der Waals surface area contributed by atoms with Gasteiger partial charge in [-0.1, -0.05) is 12.1 Å². The van der Waals surface area contributed by atoms with Crippen LogP contribution in [0.1, 0.15) is 13.8 Å². The van der Waals surface area contributed by atoms with Crippen LogP contribution in [0.2, 0.25) is 0 Å². The summed E-state index contributed by atoms with van der Waals surface area (Å²) in [7, 11) is -1.97. The molecule has 0 amide bonds. The van der Waals surface area contributed by atoms with Crippen molar-refractivity contribution >= 4 is 10.2 Å². The number of rotatable bonds is 7. The molecule has 1 heterocycles. The van der Waals surface area contributed by atoms with E-state index in [2.05, 4.69) is 4.72 Å². The molecule has 1 aliphatic rings. The molecule has 1 aromatic rings. The standard InChI is InChI=1S/C15H24N2O5S/c1-12-10-17(11-13(2)22-12)23(18,19)16-8-9-21-15-7-5-4-6-14(15)20-3/h4-7,12-13,16H,8-11H2,1-3H3. The first-order valence-corrected chi connectivity index (χ1v) is 9.02. The number of benzene rings is 1. The van der Waals surface area contributed by atoms with Crippen molar-refractivity contribution in [1.82, 2.24) is 9.03 Å². The van der Waals surface area contributed by atoms with Gasteiger partial charge in [0, 0.05) is 19.6 Å². The number of methoxy groups -OCH3 is 1. The molecule has 0 aromatic heterocycles. The Balaban J connectivity index is 1.83. The number of hydrogen-bond acceptors (Lipinski definition) is 5. The first-order chi connectivity index (χ1) is 10.9. The summed E-state index contributed by atoms with van der Waals surface area (Å²) < 4.78 is 44.8. The molecule has 0 aliphatic carbocycles. The topological polar surface area (TPSA) is 77.1 Å². The van der Waals surface area contributed by atoms with E-state index in [0.717, 1.165) is 0 Å². The van der Waals surface area contributed by atoms with Crippen molar-refractivity contribution in [2.45, 2.75) is 26.1 Å². The largest absolute Gasteiger partial charge is 0.493 e. The molecular formula is C15H24N2O5S. The number of hydrogen-bond donors (Lipinski definition) is 1. The summed E-state index contributed by atoms with van der Waals surface area (Å²) in [5.41, 5.74) is 0. The van der Waals surface area contributed by atoms with Gasteiger partial charge in [-0.15, -0.1) is 0 Å². The van der Waals surface area contributed by atoms with E-state index in [-0.39, 0.29) is 25.4 Å². The van der Waals surface area contributed by atoms with Crippen LogP contribution in [0.15, 0.2) is 24.3 Å². The van der Waals surface area contributed by atoms with Gasteiger partial charge in [0.15, 0.2) is 11.5 Å². The minimum absolute atomic E-state index is 0.111. The number of morpholine rings is 1. The molecule has 1 aromatic carbocycles. The molecule has 1 saturated heterocycles. The van der Waals surface area contributed by atoms with Gasteiger partial charge in [0.25, 0.3) is 10.2 Å². The van der Waals surface area contributed by atoms with Crippen molar-refractivity contribution in [2.24, 2.45) is 0 Å². The molecule has 2 rings (SSSR count). The molecule has 1 N–H and O–H groups in total. The number of para-hydroxylation sites is 2. The van der Waals surface area contributed by atoms with Gasteiger partial charge in [0.2, 0.25) is 0 Å². The van der Waals surface area contributed by atoms with Crippen LogP contribution in [0.3, 0.4) is 0 Å². The molecule has 23 heavy (non-hydrogen) atoms. The van der Waals surface area contributed by atoms with Gasteiger partial charge in [0.05, 0.1) is 19.3 Å². The predicted octanol–water partition coefficient (Wildman–Crippen LogP) is 1.02. The van der Waals surface area contributed by atoms with E-state index in [1.54, 1.807) is 19.2 Å². The fraction of sp³-hybridized carbons (Fsp3) is 0.600. The monoisotopic (exact) mass is 344 g/mol. The van der Waals surface area contributed by atoms with Gasteiger partial charge in [-0.25, -0.2) is 0 Å². The van der Waals surface area contributed by atoms with Crippen molar-refractivity contribution in [3.05, 3.63) is 24.3 Å². The van der Waals surface area contributed by atoms with E-state index in [1.165, 1.54) is 4.31 Å². The number of nitrogens with zero attached hydrogens (tertiary/aromatic N) is 1. The van der Waals surface area contributed by atoms with Gasteiger partial charge in [0.1, 0.15) is 6.61 Å². The summed E-state index contributed by atoms with van der Waals surface area (Å²) >= 11 is 0. The lowest BCUT2D eigenvalue weighted by molar-refractivity contribution is -0.0444. The summed E-state index contributed by atoms with van der Waals surface area (Å²) in [4.78, 5) is 0. The van der Waals surface area contributed by atoms with Crippen LogP contribution in [0.25, 0.3) is 0 Å². The van der Waals surface area contributed by atoms with E-state index in [1.807, 2.05) is 26.0 Å². The third-order valence-corrected chi connectivity index (χ3v) is 4.99. The molecular weight excluding hydrogens is 320 g/mol. The average Bonchev–Trinajstić information content (AvgIpc) is 2.51. The Hall–Kier alpha value is -1.35. The third-order valence-electron chi connectivity index (χ3n) is 3.44. The van der Waals surface area contributed by atoms with Crippen molar-refractivity contribution in [3.63, 3.8) is 0 Å². The lowest BCUT2D eigenvalue weighted by Gasteiger charge is -2.34. The number of ether oxygens (including phenoxy) is 3. The van der Waals surface area contributed by atoms with Crippen LogP contribution in [-0.4, -0.2) is 58.3 Å². The maximum atomic E-state index is 12.3. The van der Waals surface area contributed by atoms with E-state index in [4.69, 9.17) is 14.2 Å². The Morgan fingerprint density at radius 1 is 1.22 bits per heavy atom. The van der Waals surface area contributed by atoms with Crippen LogP contribution < -0.4 is 14.2 Å². The Morgan fingerprint density at radius 3 is 2.43 bits per heavy atom. The molecule has 0 saturated carbocycles. The first-order valence-electron chi connectivity index (χ1n) is 7.58. The van der Waals surface area contributed by atoms with Gasteiger partial charge in [-0.2, -0.15) is 17.4 Å². The highest BCUT2D eigenvalue weighted by atomic mass is 32.2. The van der Waals surface area contributed by atoms with Crippen LogP contribution in [0.4, 0.5) is 0 Å². The summed E-state index contributed by atoms with van der Waals surface area (Å²) in [5.74, 6) is 1.20. The zero-order valence-corrected chi connectivity index (χ0v) is 14.5. The molecule has 7 nitrogen and oxygen atoms in total. The highest BCUT2D eigenvalue weighted by Gasteiger charge is 2.30. The van der Waals surface area contributed by atoms with Gasteiger partial charge >= 0.3 is 0 Å². The fourth-order valence-corrected chi connectivity index (χ4v) is 3.82. The molecule has 0 radical (unpaired) electrons. The maximum Gasteiger partial charge on any atom is 0.279 e. The molecule has 1 aliphatic heterocycles. The zero-order chi connectivity index (χ0) is 16.9. The molecule has 130 valence electrons. The summed E-state index contributed by atoms with van der Waals surface area (Å²) in [6.45, 7) is 4.83. The fourth-order valence-electron chi connectivity index (χ4n) is 2.49. The normalized spacial score (nSPS) is 22.7. The van der Waals surface area contributed by atoms with Crippen molar-refractivity contribution in [3.8, 4) is 11.5 Å². The van der Waals surface area contributed by atoms with Crippen LogP contribution >= 0.6 is 0 Å². The van der Waals surface area contributed by atoms with Crippen LogP contribution in [0, 0.1) is 0 Å². The number of nitrogens with one attached hydrogen (secondary N) is 1. The van der Waals surface area contributed by atoms with Crippen LogP contribution in [0.5, 0.6) is 11.5 Å². The SMILES string of the molecule is COc1ccccc1OCCNS(=O)(=O)N1CC(C)OC(C)C1. The quantitative estimate of drug-likeness (QED) is 0.747. The highest BCUT2D eigenvalue weighted by molar-refractivity contribution is 7.87. The average molecular weight is 344 g/mol. The predicted molar refractivity (Wildman–Crippen MR) is 87.0 cm³/mol. The van der Waals surface area contributed by atoms with Crippen molar-refractivity contribution < 1.29 is 22.6 Å².